The smallest absolute Gasteiger partial charge is 0.173 e. The number of tetrazole rings is 1. The molecule has 0 radical (unpaired) electrons. The van der Waals surface area contributed by atoms with Gasteiger partial charge in [-0.1, -0.05) is 12.1 Å². The number of methoxy groups -OCH3 is 4. The molecule has 4 rings (SSSR count). The predicted molar refractivity (Wildman–Crippen MR) is 128 cm³/mol. The number of benzene rings is 2. The third-order valence-corrected chi connectivity index (χ3v) is 6.16. The van der Waals surface area contributed by atoms with Crippen LogP contribution in [0.5, 0.6) is 17.2 Å². The summed E-state index contributed by atoms with van der Waals surface area (Å²) in [6, 6.07) is 13.9. The van der Waals surface area contributed by atoms with Crippen molar-refractivity contribution < 1.29 is 18.9 Å². The summed E-state index contributed by atoms with van der Waals surface area (Å²) in [7, 11) is 6.66. The molecule has 0 N–H and O–H groups in total. The summed E-state index contributed by atoms with van der Waals surface area (Å²) in [5.74, 6) is 2.98. The van der Waals surface area contributed by atoms with Gasteiger partial charge < -0.3 is 23.8 Å². The molecule has 182 valence electrons. The van der Waals surface area contributed by atoms with Gasteiger partial charge >= 0.3 is 0 Å². The van der Waals surface area contributed by atoms with Crippen LogP contribution in [0.25, 0.3) is 0 Å². The van der Waals surface area contributed by atoms with Crippen LogP contribution in [0.4, 0.5) is 5.69 Å². The number of para-hydroxylation sites is 1. The number of hydrogen-bond donors (Lipinski definition) is 0. The second-order valence-corrected chi connectivity index (χ2v) is 7.96. The Bertz CT molecular complexity index is 1050. The molecule has 34 heavy (non-hydrogen) atoms. The highest BCUT2D eigenvalue weighted by Gasteiger charge is 2.33. The maximum Gasteiger partial charge on any atom is 0.173 e. The minimum absolute atomic E-state index is 0.199. The average Bonchev–Trinajstić information content (AvgIpc) is 3.35. The van der Waals surface area contributed by atoms with E-state index >= 15 is 0 Å². The molecule has 1 saturated heterocycles. The molecule has 0 aliphatic carbocycles. The molecule has 1 fully saturated rings. The van der Waals surface area contributed by atoms with E-state index in [1.165, 1.54) is 5.69 Å². The normalized spacial score (nSPS) is 15.2. The lowest BCUT2D eigenvalue weighted by Crippen LogP contribution is -2.48. The fourth-order valence-electron chi connectivity index (χ4n) is 4.40. The Balaban J connectivity index is 1.64. The Hall–Kier alpha value is -3.37. The number of ether oxygens (including phenoxy) is 4. The van der Waals surface area contributed by atoms with Crippen LogP contribution in [0.15, 0.2) is 42.5 Å². The Kier molecular flexibility index (Phi) is 7.81. The molecule has 0 spiro atoms. The predicted octanol–water partition coefficient (Wildman–Crippen LogP) is 2.26. The lowest BCUT2D eigenvalue weighted by Gasteiger charge is -2.40. The molecule has 1 aliphatic rings. The molecule has 10 nitrogen and oxygen atoms in total. The highest BCUT2D eigenvalue weighted by molar-refractivity contribution is 5.51. The van der Waals surface area contributed by atoms with E-state index in [0.717, 1.165) is 43.3 Å². The van der Waals surface area contributed by atoms with Crippen LogP contribution in [0.3, 0.4) is 0 Å². The van der Waals surface area contributed by atoms with E-state index in [0.29, 0.717) is 24.7 Å². The Morgan fingerprint density at radius 1 is 0.882 bits per heavy atom. The van der Waals surface area contributed by atoms with Crippen molar-refractivity contribution in [3.8, 4) is 17.2 Å². The second kappa shape index (κ2) is 11.2. The van der Waals surface area contributed by atoms with Crippen molar-refractivity contribution in [3.63, 3.8) is 0 Å². The van der Waals surface area contributed by atoms with Gasteiger partial charge in [-0.15, -0.1) is 5.10 Å². The summed E-state index contributed by atoms with van der Waals surface area (Å²) < 4.78 is 23.8. The third-order valence-electron chi connectivity index (χ3n) is 6.16. The number of rotatable bonds is 10. The van der Waals surface area contributed by atoms with Gasteiger partial charge in [0.1, 0.15) is 11.8 Å². The molecule has 0 saturated carbocycles. The van der Waals surface area contributed by atoms with Gasteiger partial charge in [-0.2, -0.15) is 0 Å². The van der Waals surface area contributed by atoms with E-state index in [2.05, 4.69) is 43.5 Å². The number of hydrogen-bond acceptors (Lipinski definition) is 9. The standard InChI is InChI=1S/C24H32N6O4/c1-31-17-16-30-24(25-26-27-30)22(20-6-5-7-21(33-3)23(20)34-4)29-14-12-28(13-15-29)18-8-10-19(32-2)11-9-18/h5-11,22H,12-17H2,1-4H3. The van der Waals surface area contributed by atoms with E-state index in [1.54, 1.807) is 28.4 Å². The zero-order valence-corrected chi connectivity index (χ0v) is 20.2. The van der Waals surface area contributed by atoms with Gasteiger partial charge in [0.25, 0.3) is 0 Å². The van der Waals surface area contributed by atoms with Crippen LogP contribution in [-0.4, -0.2) is 86.3 Å². The highest BCUT2D eigenvalue weighted by Crippen LogP contribution is 2.40. The Morgan fingerprint density at radius 2 is 1.65 bits per heavy atom. The molecule has 1 aromatic heterocycles. The number of anilines is 1. The summed E-state index contributed by atoms with van der Waals surface area (Å²) >= 11 is 0. The molecule has 2 heterocycles. The number of aromatic nitrogens is 4. The van der Waals surface area contributed by atoms with Crippen molar-refractivity contribution in [2.45, 2.75) is 12.6 Å². The maximum absolute atomic E-state index is 5.79. The first-order chi connectivity index (χ1) is 16.7. The quantitative estimate of drug-likeness (QED) is 0.445. The van der Waals surface area contributed by atoms with Gasteiger partial charge in [0, 0.05) is 44.5 Å². The summed E-state index contributed by atoms with van der Waals surface area (Å²) in [6.45, 7) is 4.48. The highest BCUT2D eigenvalue weighted by atomic mass is 16.5. The zero-order valence-electron chi connectivity index (χ0n) is 20.2. The van der Waals surface area contributed by atoms with Crippen LogP contribution >= 0.6 is 0 Å². The molecule has 2 aromatic carbocycles. The minimum atomic E-state index is -0.199. The van der Waals surface area contributed by atoms with Crippen molar-refractivity contribution in [2.24, 2.45) is 0 Å². The third kappa shape index (κ3) is 4.92. The van der Waals surface area contributed by atoms with Crippen molar-refractivity contribution in [2.75, 3.05) is 66.1 Å². The topological polar surface area (TPSA) is 87.0 Å². The van der Waals surface area contributed by atoms with Gasteiger partial charge in [-0.05, 0) is 40.8 Å². The molecular formula is C24H32N6O4. The van der Waals surface area contributed by atoms with Gasteiger partial charge in [0.05, 0.1) is 34.5 Å². The fraction of sp³-hybridized carbons (Fsp3) is 0.458. The van der Waals surface area contributed by atoms with Crippen LogP contribution in [0, 0.1) is 0 Å². The van der Waals surface area contributed by atoms with E-state index in [9.17, 15) is 0 Å². The Labute approximate surface area is 200 Å². The van der Waals surface area contributed by atoms with Crippen LogP contribution in [-0.2, 0) is 11.3 Å². The summed E-state index contributed by atoms with van der Waals surface area (Å²) in [4.78, 5) is 4.77. The number of piperazine rings is 1. The van der Waals surface area contributed by atoms with Crippen LogP contribution in [0.1, 0.15) is 17.4 Å². The molecular weight excluding hydrogens is 436 g/mol. The molecule has 10 heteroatoms. The van der Waals surface area contributed by atoms with Gasteiger partial charge in [0.15, 0.2) is 17.3 Å². The van der Waals surface area contributed by atoms with Crippen LogP contribution < -0.4 is 19.1 Å². The van der Waals surface area contributed by atoms with E-state index in [1.807, 2.05) is 28.9 Å². The van der Waals surface area contributed by atoms with Crippen molar-refractivity contribution in [1.82, 2.24) is 25.1 Å². The van der Waals surface area contributed by atoms with Gasteiger partial charge in [-0.25, -0.2) is 4.68 Å². The van der Waals surface area contributed by atoms with Gasteiger partial charge in [0.2, 0.25) is 0 Å². The average molecular weight is 469 g/mol. The first-order valence-corrected chi connectivity index (χ1v) is 11.3. The largest absolute Gasteiger partial charge is 0.497 e. The van der Waals surface area contributed by atoms with E-state index in [-0.39, 0.29) is 6.04 Å². The Morgan fingerprint density at radius 3 is 2.29 bits per heavy atom. The first kappa shape index (κ1) is 23.8. The van der Waals surface area contributed by atoms with Gasteiger partial charge in [-0.3, -0.25) is 4.90 Å². The summed E-state index contributed by atoms with van der Waals surface area (Å²) in [5.41, 5.74) is 2.15. The SMILES string of the molecule is COCCn1nnnc1C(c1cccc(OC)c1OC)N1CCN(c2ccc(OC)cc2)CC1. The van der Waals surface area contributed by atoms with Crippen molar-refractivity contribution in [1.29, 1.82) is 0 Å². The summed E-state index contributed by atoms with van der Waals surface area (Å²) in [6.07, 6.45) is 0. The monoisotopic (exact) mass is 468 g/mol. The summed E-state index contributed by atoms with van der Waals surface area (Å²) in [5, 5.41) is 12.6. The molecule has 0 bridgehead atoms. The molecule has 1 unspecified atom stereocenters. The first-order valence-electron chi connectivity index (χ1n) is 11.3. The lowest BCUT2D eigenvalue weighted by molar-refractivity contribution is 0.170. The van der Waals surface area contributed by atoms with E-state index < -0.39 is 0 Å². The second-order valence-electron chi connectivity index (χ2n) is 7.96. The van der Waals surface area contributed by atoms with Crippen molar-refractivity contribution >= 4 is 5.69 Å². The molecule has 3 aromatic rings. The number of nitrogens with zero attached hydrogens (tertiary/aromatic N) is 6. The zero-order chi connectivity index (χ0) is 23.9. The maximum atomic E-state index is 5.79. The molecule has 0 amide bonds. The van der Waals surface area contributed by atoms with E-state index in [4.69, 9.17) is 18.9 Å². The molecule has 1 aliphatic heterocycles. The lowest BCUT2D eigenvalue weighted by atomic mass is 10.0. The molecule has 1 atom stereocenters. The fourth-order valence-corrected chi connectivity index (χ4v) is 4.40. The van der Waals surface area contributed by atoms with Crippen LogP contribution in [0.2, 0.25) is 0 Å². The minimum Gasteiger partial charge on any atom is -0.497 e. The van der Waals surface area contributed by atoms with Crippen molar-refractivity contribution in [3.05, 3.63) is 53.9 Å².